The number of rotatable bonds is 6. The summed E-state index contributed by atoms with van der Waals surface area (Å²) in [5, 5.41) is 0.848. The molecule has 0 radical (unpaired) electrons. The molecule has 7 heterocycles. The van der Waals surface area contributed by atoms with Crippen molar-refractivity contribution < 1.29 is 29.5 Å². The highest BCUT2D eigenvalue weighted by atomic mass is 16.3. The van der Waals surface area contributed by atoms with Gasteiger partial charge in [-0.05, 0) is 227 Å². The lowest BCUT2D eigenvalue weighted by Crippen LogP contribution is -2.61. The van der Waals surface area contributed by atoms with Gasteiger partial charge in [0, 0.05) is 112 Å². The number of fused-ring (bicyclic) bond motifs is 26. The van der Waals surface area contributed by atoms with Crippen LogP contribution in [0.2, 0.25) is 0 Å². The first kappa shape index (κ1) is 56.9. The highest BCUT2D eigenvalue weighted by Crippen LogP contribution is 2.57. The molecule has 572 valence electrons. The molecule has 0 unspecified atom stereocenters. The molecule has 7 heteroatoms. The van der Waals surface area contributed by atoms with Crippen molar-refractivity contribution in [3.8, 4) is 95.0 Å². The lowest BCUT2D eigenvalue weighted by molar-refractivity contribution is -0.595. The van der Waals surface area contributed by atoms with Gasteiger partial charge in [-0.1, -0.05) is 268 Å². The molecule has 0 atom stereocenters. The lowest BCUT2D eigenvalue weighted by atomic mass is 9.33. The SMILES string of the molecule is [2H]c1c([2H])c([2H])c2c(c1[2H])c1c([2H])c(-n3c4c([2H])c([2H])c([2H])c([2H])c4c4c([2H])c([2H])c([2H])c([2H])c43)c([2H])c([2H])c1n2-c1ccc2c(c1)N1c3cc(C(C)(C)C)cc4c3B2c2ccc(-[n+]3cccc(-c5ccccc5)c3)cc2N4c2c(-c3ccccc3)cc(C(C)(C)C)cc2-c2cccc(c2)-c2ccc3oc4ccc(cc4c3c2)-c2cccc(c2)-c2cc(C(C)(C)C)cc(-c3ccccc3)c21. The Kier molecular flexibility index (Phi) is 12.6. The van der Waals surface area contributed by atoms with E-state index in [2.05, 4.69) is 326 Å². The van der Waals surface area contributed by atoms with Crippen molar-refractivity contribution in [2.24, 2.45) is 0 Å². The van der Waals surface area contributed by atoms with Gasteiger partial charge in [-0.3, -0.25) is 0 Å². The summed E-state index contributed by atoms with van der Waals surface area (Å²) in [5.41, 5.74) is 23.8. The average Bonchev–Trinajstić information content (AvgIpc) is 0.733. The van der Waals surface area contributed by atoms with Gasteiger partial charge >= 0.3 is 0 Å². The Labute approximate surface area is 721 Å². The minimum Gasteiger partial charge on any atom is -0.456 e. The fourth-order valence-corrected chi connectivity index (χ4v) is 18.7. The van der Waals surface area contributed by atoms with E-state index >= 15 is 0 Å². The maximum absolute atomic E-state index is 10.9. The second-order valence-electron chi connectivity index (χ2n) is 35.2. The summed E-state index contributed by atoms with van der Waals surface area (Å²) in [6.07, 6.45) is 4.28. The van der Waals surface area contributed by atoms with Gasteiger partial charge in [0.05, 0.1) is 54.0 Å². The molecule has 16 aromatic carbocycles. The van der Waals surface area contributed by atoms with E-state index in [1.165, 1.54) is 0 Å². The number of furan rings is 1. The Morgan fingerprint density at radius 2 is 0.725 bits per heavy atom. The van der Waals surface area contributed by atoms with Crippen LogP contribution in [-0.4, -0.2) is 15.8 Å². The van der Waals surface area contributed by atoms with Gasteiger partial charge in [0.25, 0.3) is 6.71 Å². The van der Waals surface area contributed by atoms with Crippen LogP contribution < -0.4 is 30.8 Å². The van der Waals surface area contributed by atoms with E-state index in [0.717, 1.165) is 172 Å². The molecule has 0 N–H and O–H groups in total. The monoisotopic (exact) mass is 1560 g/mol. The number of hydrogen-bond acceptors (Lipinski definition) is 3. The molecule has 120 heavy (non-hydrogen) atoms. The first-order valence-electron chi connectivity index (χ1n) is 48.5. The van der Waals surface area contributed by atoms with Crippen molar-refractivity contribution in [2.75, 3.05) is 9.80 Å². The van der Waals surface area contributed by atoms with Crippen LogP contribution in [0.4, 0.5) is 34.1 Å². The van der Waals surface area contributed by atoms with E-state index in [0.29, 0.717) is 5.69 Å². The average molecular weight is 1560 g/mol. The van der Waals surface area contributed by atoms with E-state index in [1.54, 1.807) is 4.57 Å². The van der Waals surface area contributed by atoms with Gasteiger partial charge < -0.3 is 23.4 Å². The number of pyridine rings is 1. The Bertz CT molecular complexity index is 8570. The van der Waals surface area contributed by atoms with Gasteiger partial charge in [-0.25, -0.2) is 0 Å². The zero-order valence-electron chi connectivity index (χ0n) is 82.7. The summed E-state index contributed by atoms with van der Waals surface area (Å²) in [5.74, 6) is 0. The highest BCUT2D eigenvalue weighted by Gasteiger charge is 2.47. The van der Waals surface area contributed by atoms with Crippen LogP contribution in [0.25, 0.3) is 161 Å². The molecule has 4 aromatic heterocycles. The summed E-state index contributed by atoms with van der Waals surface area (Å²) >= 11 is 0. The maximum Gasteiger partial charge on any atom is 0.252 e. The third-order valence-corrected chi connectivity index (χ3v) is 24.8. The first-order valence-corrected chi connectivity index (χ1v) is 41.0. The third kappa shape index (κ3) is 11.3. The van der Waals surface area contributed by atoms with Gasteiger partial charge in [0.2, 0.25) is 5.69 Å². The standard InChI is InChI=1S/C113H87BN5O/c1-111(2,3)80-60-89(71-30-15-11-16-31-71)109-91(62-80)77-36-25-34-73(56-77)75-45-53-106-94(58-75)95-59-76(46-54-107(95)120-106)74-35-26-37-78(57-74)92-63-81(112(4,5)6)61-90(72-32-17-12-18-33-72)110(92)119-103-68-85(117-100-44-24-21-41-88(100)93-66-84(49-52-101(93)117)116-98-42-22-19-39-86(98)87-40-20-23-43-99(87)116)48-51-97(103)114-96-50-47-83(115-55-27-38-79(69-115)70-28-13-10-14-29-70)67-102(96)118(109)104-64-82(113(7,8)9)65-105(119)108(104)114/h10-69H,1-9H3/q+1/i19D,20D,21D,22D,23D,24D,39D,40D,41D,42D,43D,44D,49D,52D,66D. The predicted molar refractivity (Wildman–Crippen MR) is 506 cm³/mol. The van der Waals surface area contributed by atoms with Crippen molar-refractivity contribution in [3.05, 3.63) is 381 Å². The zero-order valence-corrected chi connectivity index (χ0v) is 67.7. The van der Waals surface area contributed by atoms with E-state index in [-0.39, 0.29) is 43.7 Å². The Hall–Kier alpha value is -14.3. The molecule has 0 spiro atoms. The minimum atomic E-state index is -0.735. The first-order chi connectivity index (χ1) is 64.6. The predicted octanol–water partition coefficient (Wildman–Crippen LogP) is 28.0. The van der Waals surface area contributed by atoms with E-state index in [4.69, 9.17) is 9.90 Å². The molecular formula is C113H87BN5O+. The molecule has 3 aliphatic rings. The second-order valence-corrected chi connectivity index (χ2v) is 35.2. The third-order valence-electron chi connectivity index (χ3n) is 24.8. The highest BCUT2D eigenvalue weighted by molar-refractivity contribution is 7.00. The van der Waals surface area contributed by atoms with E-state index < -0.39 is 125 Å². The van der Waals surface area contributed by atoms with Crippen molar-refractivity contribution in [1.82, 2.24) is 9.13 Å². The number of aromatic nitrogens is 3. The normalized spacial score (nSPS) is 14.7. The van der Waals surface area contributed by atoms with E-state index in [1.807, 2.05) is 24.3 Å². The van der Waals surface area contributed by atoms with Crippen molar-refractivity contribution in [2.45, 2.75) is 78.6 Å². The summed E-state index contributed by atoms with van der Waals surface area (Å²) in [7, 11) is 0. The fraction of sp³-hybridized carbons (Fsp3) is 0.106. The largest absolute Gasteiger partial charge is 0.456 e. The van der Waals surface area contributed by atoms with Crippen LogP contribution in [0.5, 0.6) is 0 Å². The maximum atomic E-state index is 10.9. The molecular weight excluding hydrogens is 1450 g/mol. The van der Waals surface area contributed by atoms with Crippen molar-refractivity contribution in [3.63, 3.8) is 0 Å². The van der Waals surface area contributed by atoms with Crippen LogP contribution in [-0.2, 0) is 16.2 Å². The van der Waals surface area contributed by atoms with E-state index in [9.17, 15) is 15.1 Å². The smallest absolute Gasteiger partial charge is 0.252 e. The van der Waals surface area contributed by atoms with Gasteiger partial charge in [-0.2, -0.15) is 4.57 Å². The number of hydrogen-bond donors (Lipinski definition) is 0. The lowest BCUT2D eigenvalue weighted by Gasteiger charge is -2.46. The van der Waals surface area contributed by atoms with Crippen LogP contribution in [0, 0.1) is 0 Å². The molecule has 0 amide bonds. The summed E-state index contributed by atoms with van der Waals surface area (Å²) in [6.45, 7) is 19.7. The number of anilines is 6. The molecule has 6 nitrogen and oxygen atoms in total. The molecule has 0 saturated heterocycles. The van der Waals surface area contributed by atoms with Crippen molar-refractivity contribution in [1.29, 1.82) is 0 Å². The summed E-state index contributed by atoms with van der Waals surface area (Å²) in [4.78, 5) is 4.97. The Morgan fingerprint density at radius 3 is 1.24 bits per heavy atom. The molecule has 3 aliphatic heterocycles. The molecule has 20 aromatic rings. The summed E-state index contributed by atoms with van der Waals surface area (Å²) in [6, 6.07) is 83.6. The van der Waals surface area contributed by atoms with Crippen molar-refractivity contribution >= 4 is 123 Å². The fourth-order valence-electron chi connectivity index (χ4n) is 18.7. The van der Waals surface area contributed by atoms with Crippen LogP contribution >= 0.6 is 0 Å². The Balaban J connectivity index is 0.914. The molecule has 13 bridgehead atoms. The minimum absolute atomic E-state index is 0.150. The van der Waals surface area contributed by atoms with Gasteiger partial charge in [0.1, 0.15) is 11.2 Å². The molecule has 23 rings (SSSR count). The van der Waals surface area contributed by atoms with Crippen LogP contribution in [0.3, 0.4) is 0 Å². The van der Waals surface area contributed by atoms with Crippen LogP contribution in [0.15, 0.2) is 368 Å². The summed E-state index contributed by atoms with van der Waals surface area (Å²) < 4.78 is 158. The molecule has 0 saturated carbocycles. The second kappa shape index (κ2) is 26.6. The number of nitrogens with zero attached hydrogens (tertiary/aromatic N) is 5. The quantitative estimate of drug-likeness (QED) is 0.123. The molecule has 0 fully saturated rings. The van der Waals surface area contributed by atoms with Gasteiger partial charge in [-0.15, -0.1) is 0 Å². The van der Waals surface area contributed by atoms with Gasteiger partial charge in [0.15, 0.2) is 12.4 Å². The Morgan fingerprint density at radius 1 is 0.308 bits per heavy atom. The zero-order chi connectivity index (χ0) is 93.8. The molecule has 0 aliphatic carbocycles. The number of para-hydroxylation sites is 3. The number of benzene rings is 16. The van der Waals surface area contributed by atoms with Crippen LogP contribution in [0.1, 0.15) is 99.6 Å². The topological polar surface area (TPSA) is 33.4 Å².